The van der Waals surface area contributed by atoms with Gasteiger partial charge in [-0.3, -0.25) is 9.69 Å². The number of anilines is 1. The Morgan fingerprint density at radius 1 is 0.833 bits per heavy atom. The Kier molecular flexibility index (Phi) is 6.21. The first-order valence-corrected chi connectivity index (χ1v) is 10.9. The van der Waals surface area contributed by atoms with E-state index in [1.807, 2.05) is 97.9 Å². The molecule has 0 spiro atoms. The molecule has 30 heavy (non-hydrogen) atoms. The van der Waals surface area contributed by atoms with Crippen LogP contribution in [0.25, 0.3) is 10.2 Å². The maximum atomic E-state index is 14.0. The first kappa shape index (κ1) is 20.3. The number of hydrogen-bond acceptors (Lipinski definition) is 4. The van der Waals surface area contributed by atoms with Gasteiger partial charge in [-0.15, -0.1) is 0 Å². The minimum absolute atomic E-state index is 0.0494. The van der Waals surface area contributed by atoms with Crippen molar-refractivity contribution in [3.8, 4) is 0 Å². The second-order valence-electron chi connectivity index (χ2n) is 7.51. The van der Waals surface area contributed by atoms with Gasteiger partial charge in [-0.25, -0.2) is 4.98 Å². The summed E-state index contributed by atoms with van der Waals surface area (Å²) in [6.07, 6.45) is 0. The van der Waals surface area contributed by atoms with Crippen LogP contribution in [0.15, 0.2) is 84.9 Å². The summed E-state index contributed by atoms with van der Waals surface area (Å²) in [7, 11) is 4.04. The molecule has 5 heteroatoms. The summed E-state index contributed by atoms with van der Waals surface area (Å²) in [6.45, 7) is 1.35. The van der Waals surface area contributed by atoms with Gasteiger partial charge < -0.3 is 4.90 Å². The number of likely N-dealkylation sites (N-methyl/N-ethyl adjacent to an activating group) is 1. The number of rotatable bonds is 7. The number of carbonyl (C=O) groups excluding carboxylic acids is 1. The van der Waals surface area contributed by atoms with Gasteiger partial charge in [0.05, 0.1) is 16.1 Å². The van der Waals surface area contributed by atoms with E-state index in [1.54, 1.807) is 11.3 Å². The second-order valence-corrected chi connectivity index (χ2v) is 8.52. The number of amides is 1. The van der Waals surface area contributed by atoms with Crippen LogP contribution in [-0.2, 0) is 4.79 Å². The lowest BCUT2D eigenvalue weighted by molar-refractivity contribution is -0.119. The molecule has 0 radical (unpaired) electrons. The highest BCUT2D eigenvalue weighted by Crippen LogP contribution is 2.33. The maximum absolute atomic E-state index is 14.0. The zero-order valence-electron chi connectivity index (χ0n) is 17.2. The Labute approximate surface area is 181 Å². The molecule has 0 N–H and O–H groups in total. The highest BCUT2D eigenvalue weighted by atomic mass is 32.1. The van der Waals surface area contributed by atoms with Crippen LogP contribution in [0, 0.1) is 0 Å². The minimum Gasteiger partial charge on any atom is -0.308 e. The lowest BCUT2D eigenvalue weighted by Gasteiger charge is -2.27. The molecular weight excluding hydrogens is 390 g/mol. The summed E-state index contributed by atoms with van der Waals surface area (Å²) in [5.74, 6) is -0.324. The monoisotopic (exact) mass is 415 g/mol. The summed E-state index contributed by atoms with van der Waals surface area (Å²) in [6, 6.07) is 28.0. The zero-order chi connectivity index (χ0) is 20.9. The van der Waals surface area contributed by atoms with Crippen molar-refractivity contribution in [3.63, 3.8) is 0 Å². The molecule has 0 atom stereocenters. The van der Waals surface area contributed by atoms with Crippen LogP contribution in [0.2, 0.25) is 0 Å². The van der Waals surface area contributed by atoms with Crippen molar-refractivity contribution >= 4 is 32.6 Å². The standard InChI is InChI=1S/C25H25N3OS/c1-27(2)17-18-28(25-26-21-15-9-10-16-22(21)30-25)24(29)23(19-11-5-3-6-12-19)20-13-7-4-8-14-20/h3-16,23H,17-18H2,1-2H3. The van der Waals surface area contributed by atoms with Crippen molar-refractivity contribution in [2.45, 2.75) is 5.92 Å². The van der Waals surface area contributed by atoms with Crippen molar-refractivity contribution in [2.24, 2.45) is 0 Å². The Morgan fingerprint density at radius 2 is 1.40 bits per heavy atom. The van der Waals surface area contributed by atoms with Gasteiger partial charge in [0.1, 0.15) is 0 Å². The van der Waals surface area contributed by atoms with Gasteiger partial charge in [0.25, 0.3) is 0 Å². The minimum atomic E-state index is -0.374. The fraction of sp³-hybridized carbons (Fsp3) is 0.200. The van der Waals surface area contributed by atoms with E-state index in [1.165, 1.54) is 0 Å². The number of aromatic nitrogens is 1. The Hall–Kier alpha value is -3.02. The number of para-hydroxylation sites is 1. The van der Waals surface area contributed by atoms with Crippen molar-refractivity contribution in [1.29, 1.82) is 0 Å². The lowest BCUT2D eigenvalue weighted by Crippen LogP contribution is -2.40. The number of thiazole rings is 1. The van der Waals surface area contributed by atoms with Crippen LogP contribution < -0.4 is 4.90 Å². The van der Waals surface area contributed by atoms with E-state index in [9.17, 15) is 4.79 Å². The van der Waals surface area contributed by atoms with Gasteiger partial charge in [0, 0.05) is 13.1 Å². The van der Waals surface area contributed by atoms with Crippen LogP contribution in [-0.4, -0.2) is 43.0 Å². The van der Waals surface area contributed by atoms with Crippen LogP contribution >= 0.6 is 11.3 Å². The molecule has 0 aliphatic heterocycles. The van der Waals surface area contributed by atoms with Gasteiger partial charge in [-0.05, 0) is 37.4 Å². The second kappa shape index (κ2) is 9.20. The van der Waals surface area contributed by atoms with Gasteiger partial charge in [-0.2, -0.15) is 0 Å². The first-order valence-electron chi connectivity index (χ1n) is 10.0. The third-order valence-corrected chi connectivity index (χ3v) is 6.12. The molecule has 0 saturated heterocycles. The van der Waals surface area contributed by atoms with Crippen LogP contribution in [0.3, 0.4) is 0 Å². The summed E-state index contributed by atoms with van der Waals surface area (Å²) >= 11 is 1.57. The van der Waals surface area contributed by atoms with E-state index < -0.39 is 0 Å². The number of nitrogens with zero attached hydrogens (tertiary/aromatic N) is 3. The largest absolute Gasteiger partial charge is 0.308 e. The van der Waals surface area contributed by atoms with Crippen molar-refractivity contribution in [3.05, 3.63) is 96.1 Å². The number of hydrogen-bond donors (Lipinski definition) is 0. The molecule has 4 rings (SSSR count). The van der Waals surface area contributed by atoms with Gasteiger partial charge in [-0.1, -0.05) is 84.1 Å². The SMILES string of the molecule is CN(C)CCN(C(=O)C(c1ccccc1)c1ccccc1)c1nc2ccccc2s1. The molecule has 0 aliphatic rings. The predicted octanol–water partition coefficient (Wildman–Crippen LogP) is 5.02. The molecular formula is C25H25N3OS. The van der Waals surface area contributed by atoms with E-state index in [0.29, 0.717) is 6.54 Å². The average Bonchev–Trinajstić information content (AvgIpc) is 3.19. The molecule has 0 unspecified atom stereocenters. The van der Waals surface area contributed by atoms with Crippen LogP contribution in [0.5, 0.6) is 0 Å². The van der Waals surface area contributed by atoms with Crippen molar-refractivity contribution < 1.29 is 4.79 Å². The summed E-state index contributed by atoms with van der Waals surface area (Å²) in [5, 5.41) is 0.750. The fourth-order valence-corrected chi connectivity index (χ4v) is 4.50. The van der Waals surface area contributed by atoms with Gasteiger partial charge in [0.2, 0.25) is 5.91 Å². The van der Waals surface area contributed by atoms with Crippen LogP contribution in [0.1, 0.15) is 17.0 Å². The lowest BCUT2D eigenvalue weighted by atomic mass is 9.90. The number of fused-ring (bicyclic) bond motifs is 1. The summed E-state index contributed by atoms with van der Waals surface area (Å²) < 4.78 is 1.09. The maximum Gasteiger partial charge on any atom is 0.240 e. The van der Waals surface area contributed by atoms with E-state index in [4.69, 9.17) is 4.98 Å². The smallest absolute Gasteiger partial charge is 0.240 e. The third-order valence-electron chi connectivity index (χ3n) is 5.06. The Morgan fingerprint density at radius 3 is 1.97 bits per heavy atom. The zero-order valence-corrected chi connectivity index (χ0v) is 18.0. The van der Waals surface area contributed by atoms with Crippen LogP contribution in [0.4, 0.5) is 5.13 Å². The van der Waals surface area contributed by atoms with Gasteiger partial charge >= 0.3 is 0 Å². The van der Waals surface area contributed by atoms with E-state index >= 15 is 0 Å². The molecule has 4 nitrogen and oxygen atoms in total. The highest BCUT2D eigenvalue weighted by molar-refractivity contribution is 7.22. The molecule has 0 saturated carbocycles. The number of carbonyl (C=O) groups is 1. The molecule has 4 aromatic rings. The summed E-state index contributed by atoms with van der Waals surface area (Å²) in [4.78, 5) is 22.7. The van der Waals surface area contributed by atoms with E-state index in [2.05, 4.69) is 11.0 Å². The summed E-state index contributed by atoms with van der Waals surface area (Å²) in [5.41, 5.74) is 2.91. The molecule has 0 fully saturated rings. The van der Waals surface area contributed by atoms with E-state index in [-0.39, 0.29) is 11.8 Å². The average molecular weight is 416 g/mol. The number of benzene rings is 3. The van der Waals surface area contributed by atoms with Crippen molar-refractivity contribution in [2.75, 3.05) is 32.1 Å². The molecule has 1 heterocycles. The molecule has 0 bridgehead atoms. The normalized spacial score (nSPS) is 11.3. The van der Waals surface area contributed by atoms with Gasteiger partial charge in [0.15, 0.2) is 5.13 Å². The molecule has 3 aromatic carbocycles. The predicted molar refractivity (Wildman–Crippen MR) is 125 cm³/mol. The third kappa shape index (κ3) is 4.42. The Balaban J connectivity index is 1.77. The molecule has 1 aromatic heterocycles. The quantitative estimate of drug-likeness (QED) is 0.425. The first-order chi connectivity index (χ1) is 14.6. The molecule has 1 amide bonds. The highest BCUT2D eigenvalue weighted by Gasteiger charge is 2.30. The molecule has 152 valence electrons. The Bertz CT molecular complexity index is 1040. The fourth-order valence-electron chi connectivity index (χ4n) is 3.50. The topological polar surface area (TPSA) is 36.4 Å². The van der Waals surface area contributed by atoms with E-state index in [0.717, 1.165) is 33.0 Å². The van der Waals surface area contributed by atoms with Crippen molar-refractivity contribution in [1.82, 2.24) is 9.88 Å². The molecule has 0 aliphatic carbocycles.